The molecule has 1 aromatic carbocycles. The van der Waals surface area contributed by atoms with Crippen molar-refractivity contribution in [2.24, 2.45) is 5.92 Å². The maximum Gasteiger partial charge on any atom is 0.162 e. The fourth-order valence-corrected chi connectivity index (χ4v) is 2.41. The molecule has 0 spiro atoms. The quantitative estimate of drug-likeness (QED) is 0.780. The van der Waals surface area contributed by atoms with Gasteiger partial charge in [0.05, 0.1) is 6.61 Å². The van der Waals surface area contributed by atoms with Gasteiger partial charge in [-0.1, -0.05) is 25.5 Å². The van der Waals surface area contributed by atoms with Gasteiger partial charge in [0.1, 0.15) is 0 Å². The maximum absolute atomic E-state index is 10.1. The van der Waals surface area contributed by atoms with Crippen LogP contribution in [0.2, 0.25) is 0 Å². The minimum absolute atomic E-state index is 0.277. The monoisotopic (exact) mass is 249 g/mol. The zero-order valence-electron chi connectivity index (χ0n) is 11.3. The second-order valence-corrected chi connectivity index (χ2v) is 4.97. The Morgan fingerprint density at radius 2 is 2.22 bits per heavy atom. The van der Waals surface area contributed by atoms with Crippen molar-refractivity contribution in [1.29, 1.82) is 0 Å². The third-order valence-corrected chi connectivity index (χ3v) is 3.52. The zero-order valence-corrected chi connectivity index (χ0v) is 11.3. The van der Waals surface area contributed by atoms with E-state index in [1.807, 2.05) is 19.1 Å². The van der Waals surface area contributed by atoms with Crippen LogP contribution in [0.25, 0.3) is 0 Å². The molecule has 0 radical (unpaired) electrons. The summed E-state index contributed by atoms with van der Waals surface area (Å²) in [5, 5.41) is 13.6. The molecule has 2 rings (SSSR count). The van der Waals surface area contributed by atoms with Crippen molar-refractivity contribution < 1.29 is 9.84 Å². The molecule has 0 aliphatic heterocycles. The lowest BCUT2D eigenvalue weighted by molar-refractivity contribution is 0.316. The van der Waals surface area contributed by atoms with Gasteiger partial charge in [-0.25, -0.2) is 0 Å². The normalized spacial score (nSPS) is 21.9. The number of phenolic OH excluding ortho intramolecular Hbond substituents is 1. The molecule has 0 amide bonds. The van der Waals surface area contributed by atoms with Gasteiger partial charge >= 0.3 is 0 Å². The van der Waals surface area contributed by atoms with E-state index >= 15 is 0 Å². The van der Waals surface area contributed by atoms with Gasteiger partial charge in [0.15, 0.2) is 11.5 Å². The van der Waals surface area contributed by atoms with Crippen molar-refractivity contribution in [3.05, 3.63) is 23.8 Å². The first-order valence-electron chi connectivity index (χ1n) is 6.93. The van der Waals surface area contributed by atoms with Crippen LogP contribution in [0, 0.1) is 5.92 Å². The summed E-state index contributed by atoms with van der Waals surface area (Å²) in [5.41, 5.74) is 0.920. The molecule has 1 aromatic rings. The highest BCUT2D eigenvalue weighted by atomic mass is 16.5. The standard InChI is InChI=1S/C15H23NO2/c1-3-6-11-9-13(11)16-10-12-7-5-8-14(15(12)17)18-4-2/h5,7-8,11,13,16-17H,3-4,6,9-10H2,1-2H3. The van der Waals surface area contributed by atoms with Gasteiger partial charge in [-0.3, -0.25) is 0 Å². The summed E-state index contributed by atoms with van der Waals surface area (Å²) in [5.74, 6) is 1.70. The Bertz CT molecular complexity index is 392. The first-order chi connectivity index (χ1) is 8.76. The van der Waals surface area contributed by atoms with Gasteiger partial charge < -0.3 is 15.2 Å². The highest BCUT2D eigenvalue weighted by Gasteiger charge is 2.35. The largest absolute Gasteiger partial charge is 0.504 e. The Balaban J connectivity index is 1.88. The SMILES string of the molecule is CCCC1CC1NCc1cccc(OCC)c1O. The summed E-state index contributed by atoms with van der Waals surface area (Å²) in [4.78, 5) is 0. The molecule has 1 aliphatic rings. The van der Waals surface area contributed by atoms with Gasteiger partial charge in [0, 0.05) is 18.2 Å². The summed E-state index contributed by atoms with van der Waals surface area (Å²) in [6, 6.07) is 6.32. The van der Waals surface area contributed by atoms with Crippen molar-refractivity contribution in [3.63, 3.8) is 0 Å². The number of phenols is 1. The topological polar surface area (TPSA) is 41.5 Å². The highest BCUT2D eigenvalue weighted by molar-refractivity contribution is 5.45. The number of hydrogen-bond acceptors (Lipinski definition) is 3. The molecule has 100 valence electrons. The summed E-state index contributed by atoms with van der Waals surface area (Å²) in [6.45, 7) is 5.44. The first kappa shape index (κ1) is 13.2. The van der Waals surface area contributed by atoms with Crippen molar-refractivity contribution in [3.8, 4) is 11.5 Å². The Morgan fingerprint density at radius 3 is 2.94 bits per heavy atom. The lowest BCUT2D eigenvalue weighted by Gasteiger charge is -2.10. The minimum atomic E-state index is 0.277. The molecule has 0 bridgehead atoms. The summed E-state index contributed by atoms with van der Waals surface area (Å²) in [6.07, 6.45) is 3.84. The predicted molar refractivity (Wildman–Crippen MR) is 72.9 cm³/mol. The second-order valence-electron chi connectivity index (χ2n) is 4.97. The van der Waals surface area contributed by atoms with E-state index in [-0.39, 0.29) is 5.75 Å². The van der Waals surface area contributed by atoms with E-state index in [1.165, 1.54) is 19.3 Å². The molecular formula is C15H23NO2. The molecule has 3 nitrogen and oxygen atoms in total. The molecule has 2 N–H and O–H groups in total. The van der Waals surface area contributed by atoms with E-state index in [0.717, 1.165) is 18.0 Å². The molecule has 1 aliphatic carbocycles. The smallest absolute Gasteiger partial charge is 0.162 e. The number of rotatable bonds is 7. The maximum atomic E-state index is 10.1. The van der Waals surface area contributed by atoms with Crippen molar-refractivity contribution in [2.75, 3.05) is 6.61 Å². The van der Waals surface area contributed by atoms with Crippen LogP contribution < -0.4 is 10.1 Å². The zero-order chi connectivity index (χ0) is 13.0. The average Bonchev–Trinajstić information content (AvgIpc) is 3.10. The van der Waals surface area contributed by atoms with Crippen LogP contribution in [0.4, 0.5) is 0 Å². The van der Waals surface area contributed by atoms with E-state index in [0.29, 0.717) is 18.4 Å². The Labute approximate surface area is 109 Å². The van der Waals surface area contributed by atoms with Crippen LogP contribution >= 0.6 is 0 Å². The van der Waals surface area contributed by atoms with Crippen molar-refractivity contribution in [1.82, 2.24) is 5.32 Å². The number of nitrogens with one attached hydrogen (secondary N) is 1. The first-order valence-corrected chi connectivity index (χ1v) is 6.93. The number of ether oxygens (including phenoxy) is 1. The number of benzene rings is 1. The van der Waals surface area contributed by atoms with Crippen LogP contribution in [0.5, 0.6) is 11.5 Å². The number of hydrogen-bond donors (Lipinski definition) is 2. The highest BCUT2D eigenvalue weighted by Crippen LogP contribution is 2.36. The molecular weight excluding hydrogens is 226 g/mol. The molecule has 3 heteroatoms. The van der Waals surface area contributed by atoms with Gasteiger partial charge in [-0.05, 0) is 31.7 Å². The van der Waals surface area contributed by atoms with Crippen LogP contribution in [0.3, 0.4) is 0 Å². The van der Waals surface area contributed by atoms with Crippen LogP contribution in [0.15, 0.2) is 18.2 Å². The van der Waals surface area contributed by atoms with Crippen molar-refractivity contribution in [2.45, 2.75) is 45.7 Å². The van der Waals surface area contributed by atoms with E-state index in [1.54, 1.807) is 6.07 Å². The predicted octanol–water partition coefficient (Wildman–Crippen LogP) is 3.07. The van der Waals surface area contributed by atoms with E-state index < -0.39 is 0 Å². The van der Waals surface area contributed by atoms with Crippen LogP contribution in [-0.2, 0) is 6.54 Å². The Kier molecular flexibility index (Phi) is 4.48. The fourth-order valence-electron chi connectivity index (χ4n) is 2.41. The summed E-state index contributed by atoms with van der Waals surface area (Å²) >= 11 is 0. The van der Waals surface area contributed by atoms with E-state index in [2.05, 4.69) is 12.2 Å². The average molecular weight is 249 g/mol. The second kappa shape index (κ2) is 6.10. The number of aromatic hydroxyl groups is 1. The lowest BCUT2D eigenvalue weighted by Crippen LogP contribution is -2.17. The van der Waals surface area contributed by atoms with Gasteiger partial charge in [0.25, 0.3) is 0 Å². The Hall–Kier alpha value is -1.22. The fraction of sp³-hybridized carbons (Fsp3) is 0.600. The van der Waals surface area contributed by atoms with E-state index in [9.17, 15) is 5.11 Å². The molecule has 0 aromatic heterocycles. The molecule has 1 saturated carbocycles. The summed E-state index contributed by atoms with van der Waals surface area (Å²) in [7, 11) is 0. The van der Waals surface area contributed by atoms with Crippen molar-refractivity contribution >= 4 is 0 Å². The van der Waals surface area contributed by atoms with E-state index in [4.69, 9.17) is 4.74 Å². The molecule has 0 heterocycles. The van der Waals surface area contributed by atoms with Crippen LogP contribution in [0.1, 0.15) is 38.7 Å². The molecule has 18 heavy (non-hydrogen) atoms. The molecule has 2 unspecified atom stereocenters. The molecule has 2 atom stereocenters. The third kappa shape index (κ3) is 3.16. The molecule has 0 saturated heterocycles. The van der Waals surface area contributed by atoms with Crippen LogP contribution in [-0.4, -0.2) is 17.8 Å². The molecule has 1 fully saturated rings. The lowest BCUT2D eigenvalue weighted by atomic mass is 10.2. The van der Waals surface area contributed by atoms with Gasteiger partial charge in [-0.2, -0.15) is 0 Å². The third-order valence-electron chi connectivity index (χ3n) is 3.52. The minimum Gasteiger partial charge on any atom is -0.504 e. The summed E-state index contributed by atoms with van der Waals surface area (Å²) < 4.78 is 5.38. The van der Waals surface area contributed by atoms with Gasteiger partial charge in [-0.15, -0.1) is 0 Å². The van der Waals surface area contributed by atoms with Gasteiger partial charge in [0.2, 0.25) is 0 Å². The number of para-hydroxylation sites is 1. The Morgan fingerprint density at radius 1 is 1.39 bits per heavy atom.